The van der Waals surface area contributed by atoms with Gasteiger partial charge in [0.05, 0.1) is 24.2 Å². The minimum Gasteiger partial charge on any atom is -0.480 e. The Labute approximate surface area is 336 Å². The Bertz CT molecular complexity index is 2290. The Morgan fingerprint density at radius 3 is 2.28 bits per heavy atom. The number of aryl methyl sites for hydroxylation is 1. The molecule has 2 atom stereocenters. The van der Waals surface area contributed by atoms with E-state index in [0.29, 0.717) is 10.8 Å². The van der Waals surface area contributed by atoms with Gasteiger partial charge in [-0.1, -0.05) is 23.2 Å². The molecule has 4 aromatic rings. The van der Waals surface area contributed by atoms with Crippen LogP contribution in [0.2, 0.25) is 10.0 Å². The number of carboxylic acids is 2. The highest BCUT2D eigenvalue weighted by atomic mass is 35.5. The lowest BCUT2D eigenvalue weighted by atomic mass is 10.1. The molecule has 4 rings (SSSR count). The molecule has 7 N–H and O–H groups in total. The molecular weight excluding hydrogens is 864 g/mol. The van der Waals surface area contributed by atoms with Crippen molar-refractivity contribution in [1.82, 2.24) is 19.7 Å². The van der Waals surface area contributed by atoms with Gasteiger partial charge in [0.2, 0.25) is 5.95 Å². The number of sulfonamides is 1. The Balaban J connectivity index is 0.000000316. The van der Waals surface area contributed by atoms with Crippen LogP contribution in [-0.4, -0.2) is 100 Å². The first-order chi connectivity index (χ1) is 26.5. The third kappa shape index (κ3) is 15.5. The molecule has 2 unspecified atom stereocenters. The summed E-state index contributed by atoms with van der Waals surface area (Å²) in [6, 6.07) is 7.17. The van der Waals surface area contributed by atoms with Crippen molar-refractivity contribution >= 4 is 87.5 Å². The van der Waals surface area contributed by atoms with E-state index < -0.39 is 62.1 Å². The number of rotatable bonds is 13. The zero-order valence-corrected chi connectivity index (χ0v) is 33.8. The van der Waals surface area contributed by atoms with Crippen LogP contribution in [0.1, 0.15) is 32.3 Å². The molecule has 0 spiro atoms. The molecule has 308 valence electrons. The number of nitrogens with zero attached hydrogens (tertiary/aromatic N) is 4. The average molecular weight is 897 g/mol. The number of urea groups is 1. The van der Waals surface area contributed by atoms with Crippen LogP contribution in [0.25, 0.3) is 0 Å². The summed E-state index contributed by atoms with van der Waals surface area (Å²) in [7, 11) is -5.03. The summed E-state index contributed by atoms with van der Waals surface area (Å²) < 4.78 is 51.4. The summed E-state index contributed by atoms with van der Waals surface area (Å²) in [5.41, 5.74) is 4.51. The van der Waals surface area contributed by atoms with E-state index in [1.165, 1.54) is 44.3 Å². The molecule has 0 saturated carbocycles. The molecule has 22 nitrogen and oxygen atoms in total. The second kappa shape index (κ2) is 21.2. The molecule has 27 heteroatoms. The highest BCUT2D eigenvalue weighted by Gasteiger charge is 2.26. The number of benzene rings is 2. The van der Waals surface area contributed by atoms with Crippen molar-refractivity contribution in [2.24, 2.45) is 5.73 Å². The fourth-order valence-corrected chi connectivity index (χ4v) is 7.14. The standard InChI is InChI=1S/C14H9Cl2NO5.C11H11N5O6S2.C5H12NO4P/c1-21-14(18)10-7-9(3-4-12(10)17(19)20)22-13-5-2-8(15)6-11(13)16;1-5-12-9(15-11(13-5)22-2)14-10(19)16-24(20,21)6-3-4-23-7(6)8(17)18;1-11(9,10)3-2-4(6)5(7)8/h2-7H,1H3;3-4H,1-2H3,(H,17,18)(H2,12,13,14,15,16,19);4H,2-3,6H2,1H3,(H,7,8)(H,9,10). The van der Waals surface area contributed by atoms with E-state index in [4.69, 9.17) is 53.5 Å². The predicted molar refractivity (Wildman–Crippen MR) is 204 cm³/mol. The van der Waals surface area contributed by atoms with Crippen LogP contribution in [0, 0.1) is 17.0 Å². The topological polar surface area (TPSA) is 340 Å². The van der Waals surface area contributed by atoms with E-state index in [-0.39, 0.29) is 52.4 Å². The summed E-state index contributed by atoms with van der Waals surface area (Å²) in [6.07, 6.45) is 0.0000772. The summed E-state index contributed by atoms with van der Waals surface area (Å²) in [6.45, 7) is 2.70. The number of anilines is 1. The number of nitro groups is 1. The van der Waals surface area contributed by atoms with Gasteiger partial charge in [-0.25, -0.2) is 27.5 Å². The molecule has 0 radical (unpaired) electrons. The molecule has 2 heterocycles. The van der Waals surface area contributed by atoms with Gasteiger partial charge in [-0.05, 0) is 49.1 Å². The molecule has 2 aromatic heterocycles. The van der Waals surface area contributed by atoms with Crippen molar-refractivity contribution in [3.05, 3.63) is 84.3 Å². The molecular formula is C30H32Cl2N7O15PS2. The van der Waals surface area contributed by atoms with E-state index in [0.717, 1.165) is 30.6 Å². The molecule has 0 saturated heterocycles. The monoisotopic (exact) mass is 895 g/mol. The number of halogens is 2. The van der Waals surface area contributed by atoms with E-state index in [9.17, 15) is 42.3 Å². The fraction of sp³-hybridized carbons (Fsp3) is 0.233. The van der Waals surface area contributed by atoms with Crippen molar-refractivity contribution in [1.29, 1.82) is 0 Å². The first-order valence-corrected chi connectivity index (χ1v) is 20.6. The third-order valence-corrected chi connectivity index (χ3v) is 10.4. The number of carbonyl (C=O) groups excluding carboxylic acids is 2. The summed E-state index contributed by atoms with van der Waals surface area (Å²) in [4.78, 5) is 74.0. The van der Waals surface area contributed by atoms with Crippen molar-refractivity contribution in [2.45, 2.75) is 24.3 Å². The quantitative estimate of drug-likeness (QED) is 0.0461. The van der Waals surface area contributed by atoms with E-state index >= 15 is 0 Å². The highest BCUT2D eigenvalue weighted by molar-refractivity contribution is 7.90. The van der Waals surface area contributed by atoms with Crippen LogP contribution >= 0.6 is 41.9 Å². The summed E-state index contributed by atoms with van der Waals surface area (Å²) in [5, 5.41) is 32.3. The Morgan fingerprint density at radius 2 is 1.74 bits per heavy atom. The number of hydrogen-bond acceptors (Lipinski definition) is 17. The van der Waals surface area contributed by atoms with Gasteiger partial charge < -0.3 is 35.1 Å². The number of nitro benzene ring substituents is 1. The number of hydrogen-bond donors (Lipinski definition) is 6. The summed E-state index contributed by atoms with van der Waals surface area (Å²) >= 11 is 12.5. The smallest absolute Gasteiger partial charge is 0.347 e. The Kier molecular flexibility index (Phi) is 17.7. The van der Waals surface area contributed by atoms with Gasteiger partial charge in [-0.15, -0.1) is 11.3 Å². The third-order valence-electron chi connectivity index (χ3n) is 6.34. The number of esters is 1. The Hall–Kier alpha value is -5.49. The molecule has 0 aliphatic carbocycles. The number of aliphatic carboxylic acids is 1. The van der Waals surface area contributed by atoms with Gasteiger partial charge in [0, 0.05) is 30.0 Å². The number of carbonyl (C=O) groups is 4. The number of thiophene rings is 1. The number of aromatic nitrogens is 3. The number of carboxylic acid groups (broad SMARTS) is 2. The lowest BCUT2D eigenvalue weighted by Gasteiger charge is -2.09. The van der Waals surface area contributed by atoms with Crippen LogP contribution in [0.3, 0.4) is 0 Å². The van der Waals surface area contributed by atoms with Crippen molar-refractivity contribution in [3.8, 4) is 17.5 Å². The predicted octanol–water partition coefficient (Wildman–Crippen LogP) is 4.63. The van der Waals surface area contributed by atoms with Crippen LogP contribution in [-0.2, 0) is 24.1 Å². The van der Waals surface area contributed by atoms with Gasteiger partial charge in [-0.2, -0.15) is 15.0 Å². The average Bonchev–Trinajstić information content (AvgIpc) is 3.63. The number of nitrogens with two attached hydrogens (primary N) is 1. The van der Waals surface area contributed by atoms with Gasteiger partial charge in [-0.3, -0.25) is 24.8 Å². The van der Waals surface area contributed by atoms with Gasteiger partial charge in [0.25, 0.3) is 15.7 Å². The summed E-state index contributed by atoms with van der Waals surface area (Å²) in [5.74, 6) is -2.87. The Morgan fingerprint density at radius 1 is 1.07 bits per heavy atom. The van der Waals surface area contributed by atoms with Crippen LogP contribution in [0.5, 0.6) is 17.5 Å². The van der Waals surface area contributed by atoms with E-state index in [2.05, 4.69) is 25.0 Å². The maximum atomic E-state index is 12.1. The number of methoxy groups -OCH3 is 2. The molecule has 0 bridgehead atoms. The van der Waals surface area contributed by atoms with E-state index in [1.54, 1.807) is 16.9 Å². The molecule has 0 aliphatic rings. The van der Waals surface area contributed by atoms with Crippen LogP contribution in [0.4, 0.5) is 16.4 Å². The van der Waals surface area contributed by atoms with Gasteiger partial charge in [0.1, 0.15) is 38.7 Å². The minimum absolute atomic E-state index is 0.0412. The molecule has 0 aliphatic heterocycles. The van der Waals surface area contributed by atoms with Gasteiger partial charge in [0.15, 0.2) is 7.37 Å². The lowest BCUT2D eigenvalue weighted by Crippen LogP contribution is -2.35. The number of nitrogens with one attached hydrogen (secondary N) is 2. The fourth-order valence-electron chi connectivity index (χ4n) is 3.77. The minimum atomic E-state index is -4.37. The molecule has 0 fully saturated rings. The number of amides is 2. The zero-order chi connectivity index (χ0) is 43.2. The first kappa shape index (κ1) is 47.7. The molecule has 57 heavy (non-hydrogen) atoms. The van der Waals surface area contributed by atoms with Crippen molar-refractivity contribution in [3.63, 3.8) is 0 Å². The largest absolute Gasteiger partial charge is 0.480 e. The second-order valence-corrected chi connectivity index (χ2v) is 16.7. The number of aromatic carboxylic acids is 1. The zero-order valence-electron chi connectivity index (χ0n) is 29.7. The van der Waals surface area contributed by atoms with Crippen molar-refractivity contribution < 1.29 is 66.4 Å². The maximum Gasteiger partial charge on any atom is 0.347 e. The van der Waals surface area contributed by atoms with Crippen LogP contribution < -0.4 is 25.2 Å². The lowest BCUT2D eigenvalue weighted by molar-refractivity contribution is -0.385. The number of ether oxygens (including phenoxy) is 3. The maximum absolute atomic E-state index is 12.1. The van der Waals surface area contributed by atoms with Crippen molar-refractivity contribution in [2.75, 3.05) is 32.4 Å². The normalized spacial score (nSPS) is 12.1. The first-order valence-electron chi connectivity index (χ1n) is 15.2. The highest BCUT2D eigenvalue weighted by Crippen LogP contribution is 2.36. The van der Waals surface area contributed by atoms with E-state index in [1.807, 2.05) is 0 Å². The molecule has 2 aromatic carbocycles. The second-order valence-electron chi connectivity index (χ2n) is 10.8. The van der Waals surface area contributed by atoms with Crippen LogP contribution in [0.15, 0.2) is 52.7 Å². The van der Waals surface area contributed by atoms with Gasteiger partial charge >= 0.3 is 29.9 Å². The molecule has 2 amide bonds. The SMILES string of the molecule is COC(=O)c1cc(Oc2ccc(Cl)cc2Cl)ccc1[N+](=O)[O-].COc1nc(C)nc(NC(=O)NS(=O)(=O)c2ccsc2C(=O)O)n1.CP(=O)(O)CCC(N)C(=O)O.